The summed E-state index contributed by atoms with van der Waals surface area (Å²) in [6.45, 7) is 2.52. The third-order valence-electron chi connectivity index (χ3n) is 4.11. The average Bonchev–Trinajstić information content (AvgIpc) is 2.70. The SMILES string of the molecule is CCN(C(=O)c1ccc(NC(=O)c2cccc(I)c2)cc1)c1ccccc1. The van der Waals surface area contributed by atoms with Gasteiger partial charge < -0.3 is 10.2 Å². The van der Waals surface area contributed by atoms with Crippen LogP contribution in [0.1, 0.15) is 27.6 Å². The van der Waals surface area contributed by atoms with Crippen LogP contribution in [0.4, 0.5) is 11.4 Å². The van der Waals surface area contributed by atoms with Crippen molar-refractivity contribution in [2.45, 2.75) is 6.92 Å². The minimum Gasteiger partial charge on any atom is -0.322 e. The standard InChI is InChI=1S/C22H19IN2O2/c1-2-25(20-9-4-3-5-10-20)22(27)16-11-13-19(14-12-16)24-21(26)17-7-6-8-18(23)15-17/h3-15H,2H2,1H3,(H,24,26). The number of carbonyl (C=O) groups is 2. The van der Waals surface area contributed by atoms with E-state index in [0.29, 0.717) is 23.4 Å². The minimum atomic E-state index is -0.174. The molecule has 136 valence electrons. The van der Waals surface area contributed by atoms with Crippen molar-refractivity contribution in [3.63, 3.8) is 0 Å². The smallest absolute Gasteiger partial charge is 0.258 e. The quantitative estimate of drug-likeness (QED) is 0.521. The van der Waals surface area contributed by atoms with Crippen LogP contribution < -0.4 is 10.2 Å². The van der Waals surface area contributed by atoms with E-state index in [9.17, 15) is 9.59 Å². The third kappa shape index (κ3) is 4.74. The van der Waals surface area contributed by atoms with E-state index in [1.54, 1.807) is 35.2 Å². The van der Waals surface area contributed by atoms with Gasteiger partial charge >= 0.3 is 0 Å². The summed E-state index contributed by atoms with van der Waals surface area (Å²) >= 11 is 2.17. The van der Waals surface area contributed by atoms with E-state index in [1.165, 1.54) is 0 Å². The van der Waals surface area contributed by atoms with Gasteiger partial charge in [0, 0.05) is 32.6 Å². The molecule has 0 unspecified atom stereocenters. The molecule has 2 amide bonds. The lowest BCUT2D eigenvalue weighted by atomic mass is 10.1. The van der Waals surface area contributed by atoms with E-state index in [1.807, 2.05) is 55.5 Å². The van der Waals surface area contributed by atoms with Gasteiger partial charge in [0.25, 0.3) is 11.8 Å². The van der Waals surface area contributed by atoms with Gasteiger partial charge in [-0.15, -0.1) is 0 Å². The average molecular weight is 470 g/mol. The molecule has 0 spiro atoms. The van der Waals surface area contributed by atoms with E-state index in [-0.39, 0.29) is 11.8 Å². The van der Waals surface area contributed by atoms with Crippen LogP contribution in [0.3, 0.4) is 0 Å². The summed E-state index contributed by atoms with van der Waals surface area (Å²) in [7, 11) is 0. The Labute approximate surface area is 172 Å². The van der Waals surface area contributed by atoms with E-state index in [4.69, 9.17) is 0 Å². The Bertz CT molecular complexity index is 940. The number of amides is 2. The van der Waals surface area contributed by atoms with Crippen LogP contribution in [-0.4, -0.2) is 18.4 Å². The summed E-state index contributed by atoms with van der Waals surface area (Å²) < 4.78 is 1.00. The van der Waals surface area contributed by atoms with Gasteiger partial charge in [0.05, 0.1) is 0 Å². The zero-order valence-electron chi connectivity index (χ0n) is 14.9. The lowest BCUT2D eigenvalue weighted by Gasteiger charge is -2.21. The molecule has 0 aliphatic heterocycles. The zero-order valence-corrected chi connectivity index (χ0v) is 17.0. The lowest BCUT2D eigenvalue weighted by molar-refractivity contribution is 0.0987. The molecule has 27 heavy (non-hydrogen) atoms. The third-order valence-corrected chi connectivity index (χ3v) is 4.78. The second kappa shape index (κ2) is 8.81. The number of halogens is 1. The summed E-state index contributed by atoms with van der Waals surface area (Å²) in [5.41, 5.74) is 2.69. The first-order chi connectivity index (χ1) is 13.1. The van der Waals surface area contributed by atoms with Crippen molar-refractivity contribution in [1.29, 1.82) is 0 Å². The Morgan fingerprint density at radius 2 is 1.59 bits per heavy atom. The highest BCUT2D eigenvalue weighted by atomic mass is 127. The monoisotopic (exact) mass is 470 g/mol. The first-order valence-electron chi connectivity index (χ1n) is 8.62. The number of nitrogens with zero attached hydrogens (tertiary/aromatic N) is 1. The summed E-state index contributed by atoms with van der Waals surface area (Å²) in [6, 6.07) is 23.9. The normalized spacial score (nSPS) is 10.3. The number of para-hydroxylation sites is 1. The van der Waals surface area contributed by atoms with Crippen molar-refractivity contribution in [3.05, 3.63) is 93.6 Å². The molecule has 0 bridgehead atoms. The molecule has 3 aromatic carbocycles. The Hall–Kier alpha value is -2.67. The van der Waals surface area contributed by atoms with Crippen molar-refractivity contribution in [3.8, 4) is 0 Å². The number of benzene rings is 3. The van der Waals surface area contributed by atoms with Crippen LogP contribution in [0.5, 0.6) is 0 Å². The molecule has 0 heterocycles. The number of hydrogen-bond acceptors (Lipinski definition) is 2. The molecular weight excluding hydrogens is 451 g/mol. The summed E-state index contributed by atoms with van der Waals surface area (Å²) in [4.78, 5) is 26.9. The Morgan fingerprint density at radius 1 is 0.889 bits per heavy atom. The van der Waals surface area contributed by atoms with E-state index in [2.05, 4.69) is 27.9 Å². The Balaban J connectivity index is 1.73. The maximum Gasteiger partial charge on any atom is 0.258 e. The largest absolute Gasteiger partial charge is 0.322 e. The maximum absolute atomic E-state index is 12.8. The van der Waals surface area contributed by atoms with Gasteiger partial charge in [-0.25, -0.2) is 0 Å². The molecule has 0 aromatic heterocycles. The van der Waals surface area contributed by atoms with Crippen molar-refractivity contribution < 1.29 is 9.59 Å². The topological polar surface area (TPSA) is 49.4 Å². The molecule has 0 fully saturated rings. The molecule has 0 atom stereocenters. The molecule has 0 saturated carbocycles. The highest BCUT2D eigenvalue weighted by molar-refractivity contribution is 14.1. The Kier molecular flexibility index (Phi) is 6.24. The van der Waals surface area contributed by atoms with Crippen LogP contribution in [-0.2, 0) is 0 Å². The molecule has 5 heteroatoms. The lowest BCUT2D eigenvalue weighted by Crippen LogP contribution is -2.30. The van der Waals surface area contributed by atoms with Gasteiger partial charge in [-0.05, 0) is 84.1 Å². The second-order valence-corrected chi connectivity index (χ2v) is 7.17. The number of carbonyl (C=O) groups excluding carboxylic acids is 2. The van der Waals surface area contributed by atoms with Gasteiger partial charge in [0.2, 0.25) is 0 Å². The minimum absolute atomic E-state index is 0.0702. The summed E-state index contributed by atoms with van der Waals surface area (Å²) in [5, 5.41) is 2.86. The first kappa shape index (κ1) is 19.1. The number of rotatable bonds is 5. The van der Waals surface area contributed by atoms with E-state index >= 15 is 0 Å². The molecule has 0 aliphatic rings. The number of nitrogens with one attached hydrogen (secondary N) is 1. The predicted molar refractivity (Wildman–Crippen MR) is 117 cm³/mol. The Morgan fingerprint density at radius 3 is 2.22 bits per heavy atom. The van der Waals surface area contributed by atoms with Gasteiger partial charge in [0.1, 0.15) is 0 Å². The fraction of sp³-hybridized carbons (Fsp3) is 0.0909. The molecule has 3 aromatic rings. The van der Waals surface area contributed by atoms with Crippen molar-refractivity contribution in [1.82, 2.24) is 0 Å². The highest BCUT2D eigenvalue weighted by Gasteiger charge is 2.16. The molecular formula is C22H19IN2O2. The number of hydrogen-bond donors (Lipinski definition) is 1. The van der Waals surface area contributed by atoms with Gasteiger partial charge in [0.15, 0.2) is 0 Å². The molecule has 4 nitrogen and oxygen atoms in total. The summed E-state index contributed by atoms with van der Waals surface area (Å²) in [5.74, 6) is -0.244. The predicted octanol–water partition coefficient (Wildman–Crippen LogP) is 5.21. The van der Waals surface area contributed by atoms with Crippen molar-refractivity contribution in [2.24, 2.45) is 0 Å². The first-order valence-corrected chi connectivity index (χ1v) is 9.70. The van der Waals surface area contributed by atoms with E-state index in [0.717, 1.165) is 9.26 Å². The fourth-order valence-electron chi connectivity index (χ4n) is 2.74. The van der Waals surface area contributed by atoms with Crippen molar-refractivity contribution in [2.75, 3.05) is 16.8 Å². The molecule has 1 N–H and O–H groups in total. The van der Waals surface area contributed by atoms with Crippen LogP contribution >= 0.6 is 22.6 Å². The van der Waals surface area contributed by atoms with E-state index < -0.39 is 0 Å². The zero-order chi connectivity index (χ0) is 19.2. The highest BCUT2D eigenvalue weighted by Crippen LogP contribution is 2.18. The van der Waals surface area contributed by atoms with Crippen LogP contribution in [0.15, 0.2) is 78.9 Å². The molecule has 0 radical (unpaired) electrons. The van der Waals surface area contributed by atoms with Crippen molar-refractivity contribution >= 4 is 45.8 Å². The van der Waals surface area contributed by atoms with Crippen LogP contribution in [0.2, 0.25) is 0 Å². The van der Waals surface area contributed by atoms with Gasteiger partial charge in [-0.2, -0.15) is 0 Å². The molecule has 0 saturated heterocycles. The van der Waals surface area contributed by atoms with Crippen LogP contribution in [0, 0.1) is 3.57 Å². The molecule has 3 rings (SSSR count). The van der Waals surface area contributed by atoms with Gasteiger partial charge in [-0.3, -0.25) is 9.59 Å². The second-order valence-electron chi connectivity index (χ2n) is 5.93. The summed E-state index contributed by atoms with van der Waals surface area (Å²) in [6.07, 6.45) is 0. The maximum atomic E-state index is 12.8. The number of anilines is 2. The fourth-order valence-corrected chi connectivity index (χ4v) is 3.28. The van der Waals surface area contributed by atoms with Crippen LogP contribution in [0.25, 0.3) is 0 Å². The molecule has 0 aliphatic carbocycles. The van der Waals surface area contributed by atoms with Gasteiger partial charge in [-0.1, -0.05) is 24.3 Å².